The van der Waals surface area contributed by atoms with Gasteiger partial charge in [0.25, 0.3) is 0 Å². The summed E-state index contributed by atoms with van der Waals surface area (Å²) in [7, 11) is 0. The maximum atomic E-state index is 13.1. The number of nitrogens with one attached hydrogen (secondary N) is 1. The number of carbonyl (C=O) groups excluding carboxylic acids is 2. The first-order valence-electron chi connectivity index (χ1n) is 10.4. The van der Waals surface area contributed by atoms with Crippen LogP contribution in [0, 0.1) is 6.92 Å². The van der Waals surface area contributed by atoms with E-state index in [1.54, 1.807) is 16.7 Å². The molecular weight excluding hydrogens is 380 g/mol. The van der Waals surface area contributed by atoms with Gasteiger partial charge in [-0.25, -0.2) is 0 Å². The van der Waals surface area contributed by atoms with Crippen molar-refractivity contribution in [2.75, 3.05) is 18.8 Å². The van der Waals surface area contributed by atoms with Crippen LogP contribution in [0.4, 0.5) is 0 Å². The summed E-state index contributed by atoms with van der Waals surface area (Å²) in [6.07, 6.45) is 1.77. The number of likely N-dealkylation sites (N-methyl/N-ethyl adjacent to an activating group) is 1. The highest BCUT2D eigenvalue weighted by Gasteiger charge is 2.27. The summed E-state index contributed by atoms with van der Waals surface area (Å²) in [4.78, 5) is 28.5. The largest absolute Gasteiger partial charge is 0.355 e. The van der Waals surface area contributed by atoms with Crippen molar-refractivity contribution in [1.29, 1.82) is 0 Å². The van der Waals surface area contributed by atoms with Gasteiger partial charge in [0.15, 0.2) is 0 Å². The van der Waals surface area contributed by atoms with Crippen molar-refractivity contribution < 1.29 is 9.59 Å². The number of benzene rings is 2. The molecule has 0 radical (unpaired) electrons. The summed E-state index contributed by atoms with van der Waals surface area (Å²) in [6.45, 7) is 7.05. The van der Waals surface area contributed by atoms with Gasteiger partial charge in [-0.3, -0.25) is 9.59 Å². The SMILES string of the molecule is CCNC(=O)C(CC)N(CCc1ccccc1)C(=O)CCSc1ccc(C)cc1. The topological polar surface area (TPSA) is 49.4 Å². The van der Waals surface area contributed by atoms with Gasteiger partial charge in [-0.05, 0) is 44.4 Å². The molecule has 0 aliphatic carbocycles. The van der Waals surface area contributed by atoms with E-state index in [2.05, 4.69) is 48.6 Å². The Morgan fingerprint density at radius 1 is 1.03 bits per heavy atom. The Hall–Kier alpha value is -2.27. The molecule has 0 aromatic heterocycles. The van der Waals surface area contributed by atoms with Crippen LogP contribution in [0.15, 0.2) is 59.5 Å². The average Bonchev–Trinajstić information content (AvgIpc) is 2.73. The molecule has 1 unspecified atom stereocenters. The van der Waals surface area contributed by atoms with Crippen LogP contribution in [0.5, 0.6) is 0 Å². The number of amides is 2. The lowest BCUT2D eigenvalue weighted by Crippen LogP contribution is -2.50. The number of aryl methyl sites for hydroxylation is 1. The zero-order chi connectivity index (χ0) is 21.1. The first kappa shape index (κ1) is 23.0. The van der Waals surface area contributed by atoms with Gasteiger partial charge in [-0.2, -0.15) is 0 Å². The Kier molecular flexibility index (Phi) is 9.78. The molecule has 2 rings (SSSR count). The van der Waals surface area contributed by atoms with Crippen molar-refractivity contribution >= 4 is 23.6 Å². The fourth-order valence-corrected chi connectivity index (χ4v) is 4.06. The van der Waals surface area contributed by atoms with E-state index in [9.17, 15) is 9.59 Å². The second kappa shape index (κ2) is 12.3. The van der Waals surface area contributed by atoms with Crippen molar-refractivity contribution in [2.45, 2.75) is 51.0 Å². The molecule has 156 valence electrons. The fourth-order valence-electron chi connectivity index (χ4n) is 3.22. The normalized spacial score (nSPS) is 11.7. The lowest BCUT2D eigenvalue weighted by Gasteiger charge is -2.30. The lowest BCUT2D eigenvalue weighted by atomic mass is 10.1. The maximum absolute atomic E-state index is 13.1. The second-order valence-electron chi connectivity index (χ2n) is 7.05. The van der Waals surface area contributed by atoms with E-state index in [-0.39, 0.29) is 11.8 Å². The van der Waals surface area contributed by atoms with Crippen LogP contribution in [-0.4, -0.2) is 41.6 Å². The van der Waals surface area contributed by atoms with E-state index in [0.717, 1.165) is 11.3 Å². The Balaban J connectivity index is 2.02. The number of rotatable bonds is 11. The van der Waals surface area contributed by atoms with Gasteiger partial charge in [0, 0.05) is 30.2 Å². The molecule has 1 atom stereocenters. The summed E-state index contributed by atoms with van der Waals surface area (Å²) in [5.41, 5.74) is 2.40. The van der Waals surface area contributed by atoms with Gasteiger partial charge in [0.05, 0.1) is 0 Å². The van der Waals surface area contributed by atoms with Gasteiger partial charge in [-0.15, -0.1) is 11.8 Å². The van der Waals surface area contributed by atoms with Crippen LogP contribution < -0.4 is 5.32 Å². The molecule has 0 fully saturated rings. The van der Waals surface area contributed by atoms with Gasteiger partial charge >= 0.3 is 0 Å². The highest BCUT2D eigenvalue weighted by atomic mass is 32.2. The predicted octanol–water partition coefficient (Wildman–Crippen LogP) is 4.46. The minimum Gasteiger partial charge on any atom is -0.355 e. The Morgan fingerprint density at radius 2 is 1.72 bits per heavy atom. The van der Waals surface area contributed by atoms with Crippen molar-refractivity contribution in [1.82, 2.24) is 10.2 Å². The van der Waals surface area contributed by atoms with Gasteiger partial charge in [0.1, 0.15) is 6.04 Å². The number of carbonyl (C=O) groups is 2. The third-order valence-electron chi connectivity index (χ3n) is 4.83. The smallest absolute Gasteiger partial charge is 0.242 e. The molecule has 2 aromatic rings. The van der Waals surface area contributed by atoms with Gasteiger partial charge in [-0.1, -0.05) is 55.0 Å². The monoisotopic (exact) mass is 412 g/mol. The van der Waals surface area contributed by atoms with Crippen LogP contribution in [-0.2, 0) is 16.0 Å². The van der Waals surface area contributed by atoms with Gasteiger partial charge in [0.2, 0.25) is 11.8 Å². The van der Waals surface area contributed by atoms with Crippen LogP contribution in [0.1, 0.15) is 37.8 Å². The first-order valence-corrected chi connectivity index (χ1v) is 11.3. The average molecular weight is 413 g/mol. The number of thioether (sulfide) groups is 1. The third-order valence-corrected chi connectivity index (χ3v) is 5.84. The van der Waals surface area contributed by atoms with E-state index < -0.39 is 6.04 Å². The summed E-state index contributed by atoms with van der Waals surface area (Å²) in [6, 6.07) is 18.0. The number of hydrogen-bond donors (Lipinski definition) is 1. The molecule has 4 nitrogen and oxygen atoms in total. The molecule has 0 aliphatic heterocycles. The fraction of sp³-hybridized carbons (Fsp3) is 0.417. The molecule has 0 saturated heterocycles. The summed E-state index contributed by atoms with van der Waals surface area (Å²) in [5.74, 6) is 0.677. The van der Waals surface area contributed by atoms with E-state index in [0.29, 0.717) is 31.7 Å². The second-order valence-corrected chi connectivity index (χ2v) is 8.22. The molecule has 5 heteroatoms. The number of nitrogens with zero attached hydrogens (tertiary/aromatic N) is 1. The molecule has 0 saturated carbocycles. The predicted molar refractivity (Wildman–Crippen MR) is 121 cm³/mol. The number of hydrogen-bond acceptors (Lipinski definition) is 3. The zero-order valence-electron chi connectivity index (χ0n) is 17.7. The molecule has 0 bridgehead atoms. The Labute approximate surface area is 179 Å². The molecule has 0 aliphatic rings. The maximum Gasteiger partial charge on any atom is 0.242 e. The van der Waals surface area contributed by atoms with Crippen LogP contribution in [0.25, 0.3) is 0 Å². The van der Waals surface area contributed by atoms with E-state index in [1.165, 1.54) is 11.1 Å². The molecule has 0 spiro atoms. The molecular formula is C24H32N2O2S. The summed E-state index contributed by atoms with van der Waals surface area (Å²) < 4.78 is 0. The van der Waals surface area contributed by atoms with Crippen LogP contribution in [0.2, 0.25) is 0 Å². The quantitative estimate of drug-likeness (QED) is 0.554. The Morgan fingerprint density at radius 3 is 2.34 bits per heavy atom. The Bertz CT molecular complexity index is 762. The minimum absolute atomic E-state index is 0.0404. The summed E-state index contributed by atoms with van der Waals surface area (Å²) >= 11 is 1.68. The molecule has 2 amide bonds. The zero-order valence-corrected chi connectivity index (χ0v) is 18.5. The molecule has 0 heterocycles. The van der Waals surface area contributed by atoms with E-state index >= 15 is 0 Å². The van der Waals surface area contributed by atoms with Crippen molar-refractivity contribution in [3.63, 3.8) is 0 Å². The van der Waals surface area contributed by atoms with Crippen LogP contribution in [0.3, 0.4) is 0 Å². The summed E-state index contributed by atoms with van der Waals surface area (Å²) in [5, 5.41) is 2.88. The van der Waals surface area contributed by atoms with E-state index in [1.807, 2.05) is 32.0 Å². The van der Waals surface area contributed by atoms with Crippen molar-refractivity contribution in [3.8, 4) is 0 Å². The minimum atomic E-state index is -0.421. The molecule has 2 aromatic carbocycles. The first-order chi connectivity index (χ1) is 14.0. The van der Waals surface area contributed by atoms with Crippen LogP contribution >= 0.6 is 11.8 Å². The lowest BCUT2D eigenvalue weighted by molar-refractivity contribution is -0.140. The van der Waals surface area contributed by atoms with Gasteiger partial charge < -0.3 is 10.2 Å². The van der Waals surface area contributed by atoms with E-state index in [4.69, 9.17) is 0 Å². The highest BCUT2D eigenvalue weighted by Crippen LogP contribution is 2.20. The standard InChI is InChI=1S/C24H32N2O2S/c1-4-22(24(28)25-5-2)26(17-15-20-9-7-6-8-10-20)23(27)16-18-29-21-13-11-19(3)12-14-21/h6-14,22H,4-5,15-18H2,1-3H3,(H,25,28). The van der Waals surface area contributed by atoms with Crippen molar-refractivity contribution in [2.24, 2.45) is 0 Å². The molecule has 29 heavy (non-hydrogen) atoms. The van der Waals surface area contributed by atoms with Crippen molar-refractivity contribution in [3.05, 3.63) is 65.7 Å². The highest BCUT2D eigenvalue weighted by molar-refractivity contribution is 7.99. The molecule has 1 N–H and O–H groups in total. The third kappa shape index (κ3) is 7.58.